The summed E-state index contributed by atoms with van der Waals surface area (Å²) in [6.45, 7) is 1.82. The van der Waals surface area contributed by atoms with Gasteiger partial charge in [0.15, 0.2) is 0 Å². The zero-order valence-corrected chi connectivity index (χ0v) is 8.29. The van der Waals surface area contributed by atoms with E-state index >= 15 is 0 Å². The third-order valence-corrected chi connectivity index (χ3v) is 1.81. The maximum atomic E-state index is 4.95. The third-order valence-electron chi connectivity index (χ3n) is 1.81. The Bertz CT molecular complexity index is 235. The maximum absolute atomic E-state index is 4.95. The summed E-state index contributed by atoms with van der Waals surface area (Å²) in [7, 11) is 3.64. The van der Waals surface area contributed by atoms with Crippen LogP contribution in [0.15, 0.2) is 12.4 Å². The molecule has 0 saturated carbocycles. The van der Waals surface area contributed by atoms with E-state index in [4.69, 9.17) is 4.74 Å². The van der Waals surface area contributed by atoms with Gasteiger partial charge in [-0.1, -0.05) is 0 Å². The molecular formula is C9H17N3O. The van der Waals surface area contributed by atoms with Gasteiger partial charge in [-0.05, 0) is 12.8 Å². The smallest absolute Gasteiger partial charge is 0.0726 e. The zero-order valence-electron chi connectivity index (χ0n) is 8.29. The molecule has 0 aromatic carbocycles. The summed E-state index contributed by atoms with van der Waals surface area (Å²) in [6.07, 6.45) is 6.03. The number of hydrogen-bond donors (Lipinski definition) is 1. The van der Waals surface area contributed by atoms with E-state index in [9.17, 15) is 0 Å². The van der Waals surface area contributed by atoms with E-state index in [1.165, 1.54) is 0 Å². The zero-order chi connectivity index (χ0) is 9.52. The first-order valence-electron chi connectivity index (χ1n) is 4.54. The topological polar surface area (TPSA) is 39.1 Å². The lowest BCUT2D eigenvalue weighted by atomic mass is 10.3. The van der Waals surface area contributed by atoms with Crippen LogP contribution in [0.3, 0.4) is 0 Å². The van der Waals surface area contributed by atoms with Crippen molar-refractivity contribution in [1.82, 2.24) is 9.78 Å². The molecule has 13 heavy (non-hydrogen) atoms. The van der Waals surface area contributed by atoms with Crippen LogP contribution in [-0.2, 0) is 11.8 Å². The summed E-state index contributed by atoms with van der Waals surface area (Å²) >= 11 is 0. The summed E-state index contributed by atoms with van der Waals surface area (Å²) in [4.78, 5) is 0. The van der Waals surface area contributed by atoms with Gasteiger partial charge in [0.2, 0.25) is 0 Å². The highest BCUT2D eigenvalue weighted by Crippen LogP contribution is 2.03. The molecule has 0 radical (unpaired) electrons. The molecule has 4 heteroatoms. The maximum Gasteiger partial charge on any atom is 0.0726 e. The van der Waals surface area contributed by atoms with E-state index in [2.05, 4.69) is 10.4 Å². The van der Waals surface area contributed by atoms with Crippen LogP contribution in [0.5, 0.6) is 0 Å². The van der Waals surface area contributed by atoms with Gasteiger partial charge in [-0.2, -0.15) is 5.10 Å². The Balaban J connectivity index is 2.06. The molecule has 0 atom stereocenters. The van der Waals surface area contributed by atoms with Gasteiger partial charge in [0.1, 0.15) is 0 Å². The molecule has 1 aromatic rings. The molecular weight excluding hydrogens is 166 g/mol. The van der Waals surface area contributed by atoms with Crippen molar-refractivity contribution >= 4 is 5.69 Å². The predicted molar refractivity (Wildman–Crippen MR) is 52.8 cm³/mol. The Labute approximate surface area is 78.9 Å². The fourth-order valence-electron chi connectivity index (χ4n) is 1.12. The van der Waals surface area contributed by atoms with Crippen molar-refractivity contribution in [3.8, 4) is 0 Å². The summed E-state index contributed by atoms with van der Waals surface area (Å²) in [5, 5.41) is 7.35. The van der Waals surface area contributed by atoms with Crippen molar-refractivity contribution in [3.63, 3.8) is 0 Å². The van der Waals surface area contributed by atoms with Crippen molar-refractivity contribution in [2.24, 2.45) is 7.05 Å². The van der Waals surface area contributed by atoms with E-state index in [1.807, 2.05) is 19.4 Å². The molecule has 0 aliphatic rings. The Hall–Kier alpha value is -1.03. The average Bonchev–Trinajstić information content (AvgIpc) is 2.51. The van der Waals surface area contributed by atoms with Crippen LogP contribution >= 0.6 is 0 Å². The van der Waals surface area contributed by atoms with Crippen molar-refractivity contribution in [2.45, 2.75) is 12.8 Å². The van der Waals surface area contributed by atoms with Crippen LogP contribution in [0.1, 0.15) is 12.8 Å². The summed E-state index contributed by atoms with van der Waals surface area (Å²) < 4.78 is 6.74. The SMILES string of the molecule is COCCCCNc1cnn(C)c1. The van der Waals surface area contributed by atoms with Crippen molar-refractivity contribution in [1.29, 1.82) is 0 Å². The second kappa shape index (κ2) is 5.59. The number of methoxy groups -OCH3 is 1. The van der Waals surface area contributed by atoms with Crippen molar-refractivity contribution in [3.05, 3.63) is 12.4 Å². The second-order valence-electron chi connectivity index (χ2n) is 3.03. The lowest BCUT2D eigenvalue weighted by molar-refractivity contribution is 0.194. The largest absolute Gasteiger partial charge is 0.385 e. The highest BCUT2D eigenvalue weighted by atomic mass is 16.5. The fourth-order valence-corrected chi connectivity index (χ4v) is 1.12. The highest BCUT2D eigenvalue weighted by Gasteiger charge is 1.93. The first-order chi connectivity index (χ1) is 6.33. The van der Waals surface area contributed by atoms with Gasteiger partial charge in [0.25, 0.3) is 0 Å². The van der Waals surface area contributed by atoms with E-state index in [0.29, 0.717) is 0 Å². The van der Waals surface area contributed by atoms with E-state index in [0.717, 1.165) is 31.7 Å². The molecule has 0 saturated heterocycles. The third kappa shape index (κ3) is 3.94. The number of anilines is 1. The van der Waals surface area contributed by atoms with Gasteiger partial charge in [-0.15, -0.1) is 0 Å². The van der Waals surface area contributed by atoms with Crippen LogP contribution in [0.2, 0.25) is 0 Å². The van der Waals surface area contributed by atoms with Crippen LogP contribution in [0, 0.1) is 0 Å². The van der Waals surface area contributed by atoms with Crippen LogP contribution < -0.4 is 5.32 Å². The van der Waals surface area contributed by atoms with E-state index in [-0.39, 0.29) is 0 Å². The fraction of sp³-hybridized carbons (Fsp3) is 0.667. The molecule has 74 valence electrons. The van der Waals surface area contributed by atoms with Crippen molar-refractivity contribution < 1.29 is 4.74 Å². The monoisotopic (exact) mass is 183 g/mol. The van der Waals surface area contributed by atoms with Gasteiger partial charge >= 0.3 is 0 Å². The minimum atomic E-state index is 0.842. The van der Waals surface area contributed by atoms with E-state index < -0.39 is 0 Å². The Morgan fingerprint density at radius 2 is 2.38 bits per heavy atom. The standard InChI is InChI=1S/C9H17N3O/c1-12-8-9(7-11-12)10-5-3-4-6-13-2/h7-8,10H,3-6H2,1-2H3. The van der Waals surface area contributed by atoms with Crippen LogP contribution in [-0.4, -0.2) is 30.0 Å². The lowest BCUT2D eigenvalue weighted by Crippen LogP contribution is -2.02. The van der Waals surface area contributed by atoms with Gasteiger partial charge < -0.3 is 10.1 Å². The minimum absolute atomic E-state index is 0.842. The Morgan fingerprint density at radius 3 is 3.00 bits per heavy atom. The summed E-state index contributed by atoms with van der Waals surface area (Å²) in [5.41, 5.74) is 1.08. The molecule has 1 heterocycles. The minimum Gasteiger partial charge on any atom is -0.385 e. The molecule has 0 fully saturated rings. The van der Waals surface area contributed by atoms with Crippen LogP contribution in [0.25, 0.3) is 0 Å². The number of rotatable bonds is 6. The predicted octanol–water partition coefficient (Wildman–Crippen LogP) is 1.26. The summed E-state index contributed by atoms with van der Waals surface area (Å²) in [6, 6.07) is 0. The number of nitrogens with zero attached hydrogens (tertiary/aromatic N) is 2. The number of nitrogens with one attached hydrogen (secondary N) is 1. The number of ether oxygens (including phenoxy) is 1. The Morgan fingerprint density at radius 1 is 1.54 bits per heavy atom. The van der Waals surface area contributed by atoms with Crippen molar-refractivity contribution in [2.75, 3.05) is 25.6 Å². The summed E-state index contributed by atoms with van der Waals surface area (Å²) in [5.74, 6) is 0. The number of unbranched alkanes of at least 4 members (excludes halogenated alkanes) is 1. The number of aromatic nitrogens is 2. The molecule has 0 unspecified atom stereocenters. The molecule has 0 aliphatic carbocycles. The molecule has 1 rings (SSSR count). The molecule has 1 aromatic heterocycles. The van der Waals surface area contributed by atoms with Gasteiger partial charge in [0.05, 0.1) is 11.9 Å². The number of hydrogen-bond acceptors (Lipinski definition) is 3. The lowest BCUT2D eigenvalue weighted by Gasteiger charge is -2.02. The van der Waals surface area contributed by atoms with E-state index in [1.54, 1.807) is 11.8 Å². The molecule has 0 amide bonds. The molecule has 1 N–H and O–H groups in total. The average molecular weight is 183 g/mol. The Kier molecular flexibility index (Phi) is 4.32. The van der Waals surface area contributed by atoms with Crippen LogP contribution in [0.4, 0.5) is 5.69 Å². The van der Waals surface area contributed by atoms with Gasteiger partial charge in [0, 0.05) is 33.5 Å². The molecule has 0 spiro atoms. The molecule has 4 nitrogen and oxygen atoms in total. The first-order valence-corrected chi connectivity index (χ1v) is 4.54. The normalized spacial score (nSPS) is 10.3. The molecule has 0 bridgehead atoms. The molecule has 0 aliphatic heterocycles. The quantitative estimate of drug-likeness (QED) is 0.675. The van der Waals surface area contributed by atoms with Gasteiger partial charge in [-0.25, -0.2) is 0 Å². The number of aryl methyl sites for hydroxylation is 1. The van der Waals surface area contributed by atoms with Gasteiger partial charge in [-0.3, -0.25) is 4.68 Å². The second-order valence-corrected chi connectivity index (χ2v) is 3.03. The highest BCUT2D eigenvalue weighted by molar-refractivity contribution is 5.37. The first kappa shape index (κ1) is 10.1.